The molecule has 0 saturated heterocycles. The second-order valence-corrected chi connectivity index (χ2v) is 3.55. The second-order valence-electron chi connectivity index (χ2n) is 3.55. The highest BCUT2D eigenvalue weighted by Crippen LogP contribution is 2.14. The van der Waals surface area contributed by atoms with E-state index in [9.17, 15) is 9.59 Å². The van der Waals surface area contributed by atoms with Crippen LogP contribution in [0, 0.1) is 5.92 Å². The van der Waals surface area contributed by atoms with E-state index in [0.717, 1.165) is 19.3 Å². The minimum atomic E-state index is -0.744. The molecule has 0 atom stereocenters. The molecule has 16 heavy (non-hydrogen) atoms. The van der Waals surface area contributed by atoms with Gasteiger partial charge in [0.05, 0.1) is 13.2 Å². The number of carbonyl (C=O) groups is 2. The van der Waals surface area contributed by atoms with Crippen LogP contribution in [0.4, 0.5) is 0 Å². The SMILES string of the molecule is CCCCCC(C(=O)OCC)C(=O)OCC. The average Bonchev–Trinajstić information content (AvgIpc) is 2.25. The molecular weight excluding hydrogens is 208 g/mol. The number of rotatable bonds is 8. The van der Waals surface area contributed by atoms with Gasteiger partial charge >= 0.3 is 11.9 Å². The van der Waals surface area contributed by atoms with Crippen LogP contribution in [0.3, 0.4) is 0 Å². The Bertz CT molecular complexity index is 195. The summed E-state index contributed by atoms with van der Waals surface area (Å²) in [5.74, 6) is -1.67. The minimum Gasteiger partial charge on any atom is -0.465 e. The molecule has 0 amide bonds. The van der Waals surface area contributed by atoms with Crippen molar-refractivity contribution in [1.82, 2.24) is 0 Å². The van der Waals surface area contributed by atoms with Gasteiger partial charge in [-0.1, -0.05) is 26.2 Å². The summed E-state index contributed by atoms with van der Waals surface area (Å²) >= 11 is 0. The molecule has 0 spiro atoms. The lowest BCUT2D eigenvalue weighted by Crippen LogP contribution is -2.28. The molecule has 94 valence electrons. The van der Waals surface area contributed by atoms with E-state index in [1.807, 2.05) is 0 Å². The lowest BCUT2D eigenvalue weighted by Gasteiger charge is -2.13. The molecule has 0 aromatic heterocycles. The molecule has 0 fully saturated rings. The van der Waals surface area contributed by atoms with Gasteiger partial charge in [-0.15, -0.1) is 0 Å². The number of esters is 2. The summed E-state index contributed by atoms with van der Waals surface area (Å²) in [7, 11) is 0. The number of hydrogen-bond acceptors (Lipinski definition) is 4. The molecule has 0 rings (SSSR count). The highest BCUT2D eigenvalue weighted by Gasteiger charge is 2.28. The van der Waals surface area contributed by atoms with E-state index in [2.05, 4.69) is 6.92 Å². The van der Waals surface area contributed by atoms with Gasteiger partial charge in [-0.05, 0) is 20.3 Å². The van der Waals surface area contributed by atoms with Gasteiger partial charge < -0.3 is 9.47 Å². The van der Waals surface area contributed by atoms with E-state index >= 15 is 0 Å². The van der Waals surface area contributed by atoms with Gasteiger partial charge in [-0.2, -0.15) is 0 Å². The number of unbranched alkanes of at least 4 members (excludes halogenated alkanes) is 2. The highest BCUT2D eigenvalue weighted by molar-refractivity contribution is 5.94. The molecule has 0 saturated carbocycles. The summed E-state index contributed by atoms with van der Waals surface area (Å²) in [4.78, 5) is 23.1. The lowest BCUT2D eigenvalue weighted by atomic mass is 10.0. The summed E-state index contributed by atoms with van der Waals surface area (Å²) in [6.07, 6.45) is 3.43. The van der Waals surface area contributed by atoms with E-state index in [1.165, 1.54) is 0 Å². The first-order valence-electron chi connectivity index (χ1n) is 6.00. The molecule has 0 aromatic rings. The maximum absolute atomic E-state index is 11.5. The first-order valence-corrected chi connectivity index (χ1v) is 6.00. The Morgan fingerprint density at radius 3 is 1.81 bits per heavy atom. The van der Waals surface area contributed by atoms with Gasteiger partial charge in [-0.3, -0.25) is 9.59 Å². The molecule has 0 N–H and O–H groups in total. The fraction of sp³-hybridized carbons (Fsp3) is 0.833. The Labute approximate surface area is 97.3 Å². The van der Waals surface area contributed by atoms with Crippen LogP contribution < -0.4 is 0 Å². The largest absolute Gasteiger partial charge is 0.465 e. The molecule has 0 aliphatic rings. The maximum atomic E-state index is 11.5. The Kier molecular flexibility index (Phi) is 8.58. The van der Waals surface area contributed by atoms with Crippen molar-refractivity contribution in [3.63, 3.8) is 0 Å². The minimum absolute atomic E-state index is 0.294. The quantitative estimate of drug-likeness (QED) is 0.365. The maximum Gasteiger partial charge on any atom is 0.320 e. The molecule has 0 aromatic carbocycles. The highest BCUT2D eigenvalue weighted by atomic mass is 16.6. The standard InChI is InChI=1S/C12H22O4/c1-4-7-8-9-10(11(13)15-5-2)12(14)16-6-3/h10H,4-9H2,1-3H3. The molecule has 0 unspecified atom stereocenters. The fourth-order valence-corrected chi connectivity index (χ4v) is 1.42. The van der Waals surface area contributed by atoms with E-state index in [1.54, 1.807) is 13.8 Å². The lowest BCUT2D eigenvalue weighted by molar-refractivity contribution is -0.161. The first-order chi connectivity index (χ1) is 7.67. The van der Waals surface area contributed by atoms with Gasteiger partial charge in [0.15, 0.2) is 5.92 Å². The zero-order chi connectivity index (χ0) is 12.4. The smallest absolute Gasteiger partial charge is 0.320 e. The third-order valence-corrected chi connectivity index (χ3v) is 2.24. The monoisotopic (exact) mass is 230 g/mol. The van der Waals surface area contributed by atoms with Gasteiger partial charge in [0.25, 0.3) is 0 Å². The van der Waals surface area contributed by atoms with Crippen molar-refractivity contribution < 1.29 is 19.1 Å². The van der Waals surface area contributed by atoms with E-state index < -0.39 is 17.9 Å². The third kappa shape index (κ3) is 5.73. The van der Waals surface area contributed by atoms with Gasteiger partial charge in [0.2, 0.25) is 0 Å². The molecule has 0 radical (unpaired) electrons. The van der Waals surface area contributed by atoms with Crippen molar-refractivity contribution >= 4 is 11.9 Å². The van der Waals surface area contributed by atoms with Crippen LogP contribution in [0.1, 0.15) is 46.5 Å². The van der Waals surface area contributed by atoms with E-state index in [4.69, 9.17) is 9.47 Å². The summed E-state index contributed by atoms with van der Waals surface area (Å²) in [5.41, 5.74) is 0. The zero-order valence-electron chi connectivity index (χ0n) is 10.5. The Morgan fingerprint density at radius 2 is 1.44 bits per heavy atom. The predicted molar refractivity (Wildman–Crippen MR) is 60.9 cm³/mol. The van der Waals surface area contributed by atoms with Gasteiger partial charge in [0.1, 0.15) is 0 Å². The summed E-state index contributed by atoms with van der Waals surface area (Å²) < 4.78 is 9.72. The van der Waals surface area contributed by atoms with E-state index in [-0.39, 0.29) is 0 Å². The van der Waals surface area contributed by atoms with Crippen molar-refractivity contribution in [3.8, 4) is 0 Å². The Hall–Kier alpha value is -1.06. The zero-order valence-corrected chi connectivity index (χ0v) is 10.5. The second kappa shape index (κ2) is 9.19. The molecule has 0 bridgehead atoms. The first kappa shape index (κ1) is 14.9. The average molecular weight is 230 g/mol. The normalized spacial score (nSPS) is 10.2. The molecular formula is C12H22O4. The van der Waals surface area contributed by atoms with Crippen molar-refractivity contribution in [2.24, 2.45) is 5.92 Å². The van der Waals surface area contributed by atoms with Gasteiger partial charge in [0, 0.05) is 0 Å². The van der Waals surface area contributed by atoms with Crippen molar-refractivity contribution in [3.05, 3.63) is 0 Å². The molecule has 0 aliphatic heterocycles. The Morgan fingerprint density at radius 1 is 0.938 bits per heavy atom. The van der Waals surface area contributed by atoms with Crippen molar-refractivity contribution in [2.75, 3.05) is 13.2 Å². The fourth-order valence-electron chi connectivity index (χ4n) is 1.42. The molecule has 4 nitrogen and oxygen atoms in total. The van der Waals surface area contributed by atoms with Gasteiger partial charge in [-0.25, -0.2) is 0 Å². The predicted octanol–water partition coefficient (Wildman–Crippen LogP) is 2.31. The van der Waals surface area contributed by atoms with Crippen molar-refractivity contribution in [1.29, 1.82) is 0 Å². The van der Waals surface area contributed by atoms with Crippen LogP contribution in [0.15, 0.2) is 0 Å². The molecule has 0 aliphatic carbocycles. The topological polar surface area (TPSA) is 52.6 Å². The number of carbonyl (C=O) groups excluding carboxylic acids is 2. The van der Waals surface area contributed by atoms with Crippen LogP contribution in [0.2, 0.25) is 0 Å². The molecule has 0 heterocycles. The number of ether oxygens (including phenoxy) is 2. The van der Waals surface area contributed by atoms with Crippen LogP contribution in [0.25, 0.3) is 0 Å². The number of hydrogen-bond donors (Lipinski definition) is 0. The van der Waals surface area contributed by atoms with Crippen LogP contribution in [-0.4, -0.2) is 25.2 Å². The van der Waals surface area contributed by atoms with E-state index in [0.29, 0.717) is 19.6 Å². The summed E-state index contributed by atoms with van der Waals surface area (Å²) in [5, 5.41) is 0. The third-order valence-electron chi connectivity index (χ3n) is 2.24. The van der Waals surface area contributed by atoms with Crippen molar-refractivity contribution in [2.45, 2.75) is 46.5 Å². The van der Waals surface area contributed by atoms with Crippen LogP contribution in [-0.2, 0) is 19.1 Å². The van der Waals surface area contributed by atoms with Crippen LogP contribution >= 0.6 is 0 Å². The Balaban J connectivity index is 4.25. The van der Waals surface area contributed by atoms with Crippen LogP contribution in [0.5, 0.6) is 0 Å². The molecule has 4 heteroatoms. The summed E-state index contributed by atoms with van der Waals surface area (Å²) in [6.45, 7) is 6.12. The summed E-state index contributed by atoms with van der Waals surface area (Å²) in [6, 6.07) is 0.